The van der Waals surface area contributed by atoms with Gasteiger partial charge in [0.05, 0.1) is 23.6 Å². The van der Waals surface area contributed by atoms with Crippen LogP contribution in [0.25, 0.3) is 0 Å². The molecule has 160 valence electrons. The Labute approximate surface area is 179 Å². The van der Waals surface area contributed by atoms with Crippen LogP contribution in [0.15, 0.2) is 42.5 Å². The summed E-state index contributed by atoms with van der Waals surface area (Å²) in [5, 5.41) is 14.6. The van der Waals surface area contributed by atoms with Crippen LogP contribution in [0.5, 0.6) is 0 Å². The van der Waals surface area contributed by atoms with Crippen molar-refractivity contribution in [1.82, 2.24) is 10.2 Å². The number of benzene rings is 2. The maximum Gasteiger partial charge on any atom is 0.338 e. The summed E-state index contributed by atoms with van der Waals surface area (Å²) in [7, 11) is 1.17. The molecule has 0 aromatic heterocycles. The first-order chi connectivity index (χ1) is 14.3. The van der Waals surface area contributed by atoms with Crippen LogP contribution in [-0.4, -0.2) is 48.4 Å². The SMILES string of the molecule is CCN(CC)C(CNC(=O)c1cc(C(=O)OC)cc([N+](=O)[O-])c1)c1ccccc1Cl. The normalized spacial score (nSPS) is 11.8. The highest BCUT2D eigenvalue weighted by Crippen LogP contribution is 2.27. The number of amides is 1. The molecule has 0 bridgehead atoms. The van der Waals surface area contributed by atoms with Crippen molar-refractivity contribution < 1.29 is 19.2 Å². The van der Waals surface area contributed by atoms with Crippen LogP contribution < -0.4 is 5.32 Å². The molecule has 2 aromatic carbocycles. The molecule has 0 spiro atoms. The fraction of sp³-hybridized carbons (Fsp3) is 0.333. The summed E-state index contributed by atoms with van der Waals surface area (Å²) in [5.41, 5.74) is 0.442. The molecule has 8 nitrogen and oxygen atoms in total. The van der Waals surface area contributed by atoms with Crippen LogP contribution in [0.2, 0.25) is 5.02 Å². The van der Waals surface area contributed by atoms with Crippen molar-refractivity contribution in [2.45, 2.75) is 19.9 Å². The van der Waals surface area contributed by atoms with Gasteiger partial charge in [-0.25, -0.2) is 4.79 Å². The molecule has 2 rings (SSSR count). The second kappa shape index (κ2) is 10.7. The minimum atomic E-state index is -0.759. The van der Waals surface area contributed by atoms with E-state index in [0.717, 1.165) is 30.8 Å². The van der Waals surface area contributed by atoms with Gasteiger partial charge in [0.2, 0.25) is 0 Å². The Hall–Kier alpha value is -2.97. The van der Waals surface area contributed by atoms with Crippen LogP contribution >= 0.6 is 11.6 Å². The van der Waals surface area contributed by atoms with Gasteiger partial charge in [0.25, 0.3) is 11.6 Å². The molecule has 0 saturated heterocycles. The van der Waals surface area contributed by atoms with E-state index in [1.807, 2.05) is 32.0 Å². The molecule has 1 amide bonds. The van der Waals surface area contributed by atoms with E-state index in [2.05, 4.69) is 15.0 Å². The summed E-state index contributed by atoms with van der Waals surface area (Å²) in [6.07, 6.45) is 0. The smallest absolute Gasteiger partial charge is 0.338 e. The maximum atomic E-state index is 12.8. The molecule has 0 saturated carbocycles. The second-order valence-electron chi connectivity index (χ2n) is 6.49. The number of ether oxygens (including phenoxy) is 1. The summed E-state index contributed by atoms with van der Waals surface area (Å²) in [4.78, 5) is 37.3. The van der Waals surface area contributed by atoms with E-state index in [0.29, 0.717) is 5.02 Å². The number of halogens is 1. The first-order valence-electron chi connectivity index (χ1n) is 9.46. The Morgan fingerprint density at radius 1 is 1.17 bits per heavy atom. The summed E-state index contributed by atoms with van der Waals surface area (Å²) in [6.45, 7) is 5.74. The molecule has 1 atom stereocenters. The van der Waals surface area contributed by atoms with Crippen LogP contribution in [0, 0.1) is 10.1 Å². The van der Waals surface area contributed by atoms with E-state index in [1.54, 1.807) is 6.07 Å². The fourth-order valence-corrected chi connectivity index (χ4v) is 3.48. The number of hydrogen-bond donors (Lipinski definition) is 1. The number of non-ortho nitro benzene ring substituents is 1. The highest BCUT2D eigenvalue weighted by Gasteiger charge is 2.23. The van der Waals surface area contributed by atoms with Gasteiger partial charge < -0.3 is 10.1 Å². The van der Waals surface area contributed by atoms with Crippen molar-refractivity contribution in [2.75, 3.05) is 26.7 Å². The van der Waals surface area contributed by atoms with E-state index in [4.69, 9.17) is 11.6 Å². The van der Waals surface area contributed by atoms with Crippen molar-refractivity contribution in [3.8, 4) is 0 Å². The summed E-state index contributed by atoms with van der Waals surface area (Å²) >= 11 is 6.37. The number of hydrogen-bond acceptors (Lipinski definition) is 6. The predicted molar refractivity (Wildman–Crippen MR) is 114 cm³/mol. The Balaban J connectivity index is 2.31. The lowest BCUT2D eigenvalue weighted by Crippen LogP contribution is -2.38. The van der Waals surface area contributed by atoms with Gasteiger partial charge in [0.15, 0.2) is 0 Å². The number of nitro benzene ring substituents is 1. The number of nitrogens with one attached hydrogen (secondary N) is 1. The Bertz CT molecular complexity index is 931. The van der Waals surface area contributed by atoms with Crippen molar-refractivity contribution in [2.24, 2.45) is 0 Å². The Morgan fingerprint density at radius 3 is 2.37 bits per heavy atom. The van der Waals surface area contributed by atoms with Gasteiger partial charge in [-0.3, -0.25) is 19.8 Å². The highest BCUT2D eigenvalue weighted by molar-refractivity contribution is 6.31. The van der Waals surface area contributed by atoms with E-state index >= 15 is 0 Å². The fourth-order valence-electron chi connectivity index (χ4n) is 3.22. The molecule has 1 N–H and O–H groups in total. The first kappa shape index (κ1) is 23.3. The molecule has 2 aromatic rings. The highest BCUT2D eigenvalue weighted by atomic mass is 35.5. The topological polar surface area (TPSA) is 102 Å². The van der Waals surface area contributed by atoms with E-state index in [9.17, 15) is 19.7 Å². The lowest BCUT2D eigenvalue weighted by atomic mass is 10.0. The van der Waals surface area contributed by atoms with E-state index < -0.39 is 16.8 Å². The predicted octanol–water partition coefficient (Wildman–Crippen LogP) is 3.85. The quantitative estimate of drug-likeness (QED) is 0.366. The van der Waals surface area contributed by atoms with Gasteiger partial charge in [0, 0.05) is 29.3 Å². The third-order valence-corrected chi connectivity index (χ3v) is 5.13. The number of esters is 1. The minimum absolute atomic E-state index is 0.00190. The molecule has 0 aliphatic heterocycles. The molecular formula is C21H24ClN3O5. The van der Waals surface area contributed by atoms with Crippen LogP contribution in [0.3, 0.4) is 0 Å². The van der Waals surface area contributed by atoms with Gasteiger partial charge >= 0.3 is 5.97 Å². The zero-order chi connectivity index (χ0) is 22.3. The lowest BCUT2D eigenvalue weighted by Gasteiger charge is -2.31. The maximum absolute atomic E-state index is 12.8. The number of methoxy groups -OCH3 is 1. The average Bonchev–Trinajstić information content (AvgIpc) is 2.76. The van der Waals surface area contributed by atoms with Gasteiger partial charge in [0.1, 0.15) is 0 Å². The summed E-state index contributed by atoms with van der Waals surface area (Å²) < 4.78 is 4.62. The second-order valence-corrected chi connectivity index (χ2v) is 6.89. The number of carbonyl (C=O) groups excluding carboxylic acids is 2. The number of nitro groups is 1. The molecular weight excluding hydrogens is 410 g/mol. The molecule has 30 heavy (non-hydrogen) atoms. The zero-order valence-corrected chi connectivity index (χ0v) is 17.8. The van der Waals surface area contributed by atoms with Crippen LogP contribution in [0.1, 0.15) is 46.2 Å². The van der Waals surface area contributed by atoms with Crippen molar-refractivity contribution >= 4 is 29.2 Å². The largest absolute Gasteiger partial charge is 0.465 e. The van der Waals surface area contributed by atoms with Gasteiger partial charge in [-0.15, -0.1) is 0 Å². The summed E-state index contributed by atoms with van der Waals surface area (Å²) in [5.74, 6) is -1.29. The van der Waals surface area contributed by atoms with E-state index in [-0.39, 0.29) is 29.4 Å². The molecule has 0 fully saturated rings. The monoisotopic (exact) mass is 433 g/mol. The number of carbonyl (C=O) groups is 2. The zero-order valence-electron chi connectivity index (χ0n) is 17.1. The molecule has 0 aliphatic rings. The van der Waals surface area contributed by atoms with Gasteiger partial charge in [-0.1, -0.05) is 43.6 Å². The van der Waals surface area contributed by atoms with Crippen molar-refractivity contribution in [3.63, 3.8) is 0 Å². The molecule has 9 heteroatoms. The van der Waals surface area contributed by atoms with Crippen molar-refractivity contribution in [1.29, 1.82) is 0 Å². The molecule has 0 heterocycles. The summed E-state index contributed by atoms with van der Waals surface area (Å²) in [6, 6.07) is 10.7. The standard InChI is InChI=1S/C21H24ClN3O5/c1-4-24(5-2)19(17-8-6-7-9-18(17)22)13-23-20(26)14-10-15(21(27)30-3)12-16(11-14)25(28)29/h6-12,19H,4-5,13H2,1-3H3,(H,23,26). The number of nitrogens with zero attached hydrogens (tertiary/aromatic N) is 2. The van der Waals surface area contributed by atoms with Crippen LogP contribution in [-0.2, 0) is 4.74 Å². The average molecular weight is 434 g/mol. The third kappa shape index (κ3) is 5.55. The van der Waals surface area contributed by atoms with Crippen molar-refractivity contribution in [3.05, 3.63) is 74.3 Å². The molecule has 0 radical (unpaired) electrons. The number of rotatable bonds is 9. The molecule has 0 aliphatic carbocycles. The van der Waals surface area contributed by atoms with Crippen LogP contribution in [0.4, 0.5) is 5.69 Å². The lowest BCUT2D eigenvalue weighted by molar-refractivity contribution is -0.384. The molecule has 1 unspecified atom stereocenters. The van der Waals surface area contributed by atoms with Gasteiger partial charge in [-0.2, -0.15) is 0 Å². The Kier molecular flexibility index (Phi) is 8.32. The first-order valence-corrected chi connectivity index (χ1v) is 9.84. The third-order valence-electron chi connectivity index (χ3n) is 4.79. The minimum Gasteiger partial charge on any atom is -0.465 e. The van der Waals surface area contributed by atoms with Gasteiger partial charge in [-0.05, 0) is 30.8 Å². The Morgan fingerprint density at radius 2 is 1.80 bits per heavy atom. The van der Waals surface area contributed by atoms with E-state index in [1.165, 1.54) is 13.2 Å². The number of likely N-dealkylation sites (N-methyl/N-ethyl adjacent to an activating group) is 1.